The molecule has 0 fully saturated rings. The van der Waals surface area contributed by atoms with Crippen LogP contribution in [0.15, 0.2) is 41.5 Å². The lowest BCUT2D eigenvalue weighted by molar-refractivity contribution is 0.749. The van der Waals surface area contributed by atoms with Crippen LogP contribution in [-0.4, -0.2) is 14.5 Å². The molecule has 2 heterocycles. The van der Waals surface area contributed by atoms with Crippen molar-refractivity contribution in [2.45, 2.75) is 19.9 Å². The minimum Gasteiger partial charge on any atom is -0.389 e. The van der Waals surface area contributed by atoms with Crippen LogP contribution in [0.5, 0.6) is 0 Å². The molecule has 0 saturated heterocycles. The van der Waals surface area contributed by atoms with Crippen LogP contribution in [0.2, 0.25) is 0 Å². The number of aryl methyl sites for hydroxylation is 1. The molecule has 1 aromatic carbocycles. The van der Waals surface area contributed by atoms with Gasteiger partial charge in [-0.15, -0.1) is 11.3 Å². The lowest BCUT2D eigenvalue weighted by Crippen LogP contribution is -2.20. The molecular formula is C16H15N3OS2. The lowest BCUT2D eigenvalue weighted by Gasteiger charge is -2.06. The zero-order valence-corrected chi connectivity index (χ0v) is 13.7. The van der Waals surface area contributed by atoms with Gasteiger partial charge >= 0.3 is 0 Å². The van der Waals surface area contributed by atoms with Crippen molar-refractivity contribution in [1.82, 2.24) is 9.55 Å². The Bertz CT molecular complexity index is 894. The number of hydrogen-bond acceptors (Lipinski definition) is 4. The molecule has 0 bridgehead atoms. The van der Waals surface area contributed by atoms with E-state index in [0.29, 0.717) is 16.9 Å². The first-order chi connectivity index (χ1) is 10.6. The molecule has 0 atom stereocenters. The summed E-state index contributed by atoms with van der Waals surface area (Å²) in [4.78, 5) is 19.3. The predicted octanol–water partition coefficient (Wildman–Crippen LogP) is 2.70. The summed E-state index contributed by atoms with van der Waals surface area (Å²) in [6.45, 7) is 2.56. The smallest absolute Gasteiger partial charge is 0.262 e. The molecule has 22 heavy (non-hydrogen) atoms. The van der Waals surface area contributed by atoms with Gasteiger partial charge in [-0.2, -0.15) is 0 Å². The van der Waals surface area contributed by atoms with Crippen LogP contribution < -0.4 is 11.3 Å². The molecule has 0 aliphatic heterocycles. The van der Waals surface area contributed by atoms with Crippen LogP contribution >= 0.6 is 23.6 Å². The fourth-order valence-corrected chi connectivity index (χ4v) is 3.33. The number of benzene rings is 1. The zero-order chi connectivity index (χ0) is 15.7. The SMILES string of the molecule is CCc1cc2c(=O)n(Cc3ccc(C(N)=S)cc3)cnc2s1. The number of nitrogens with two attached hydrogens (primary N) is 1. The van der Waals surface area contributed by atoms with Crippen molar-refractivity contribution >= 4 is 38.8 Å². The highest BCUT2D eigenvalue weighted by Crippen LogP contribution is 2.21. The van der Waals surface area contributed by atoms with E-state index < -0.39 is 0 Å². The van der Waals surface area contributed by atoms with Crippen LogP contribution in [0.1, 0.15) is 22.9 Å². The highest BCUT2D eigenvalue weighted by molar-refractivity contribution is 7.80. The van der Waals surface area contributed by atoms with E-state index in [1.165, 1.54) is 4.88 Å². The van der Waals surface area contributed by atoms with Crippen molar-refractivity contribution in [2.75, 3.05) is 0 Å². The molecule has 4 nitrogen and oxygen atoms in total. The fraction of sp³-hybridized carbons (Fsp3) is 0.188. The first kappa shape index (κ1) is 14.9. The summed E-state index contributed by atoms with van der Waals surface area (Å²) in [6.07, 6.45) is 2.53. The molecule has 0 aliphatic carbocycles. The summed E-state index contributed by atoms with van der Waals surface area (Å²) < 4.78 is 1.63. The maximum atomic E-state index is 12.5. The number of thiocarbonyl (C=S) groups is 1. The molecule has 0 radical (unpaired) electrons. The number of nitrogens with zero attached hydrogens (tertiary/aromatic N) is 2. The van der Waals surface area contributed by atoms with Gasteiger partial charge in [0.25, 0.3) is 5.56 Å². The second-order valence-corrected chi connectivity index (χ2v) is 6.58. The minimum absolute atomic E-state index is 0.000581. The average molecular weight is 329 g/mol. The first-order valence-corrected chi connectivity index (χ1v) is 8.17. The van der Waals surface area contributed by atoms with Crippen molar-refractivity contribution in [3.63, 3.8) is 0 Å². The van der Waals surface area contributed by atoms with E-state index in [1.54, 1.807) is 22.2 Å². The van der Waals surface area contributed by atoms with Gasteiger partial charge in [0.1, 0.15) is 9.82 Å². The molecule has 0 saturated carbocycles. The number of fused-ring (bicyclic) bond motifs is 1. The van der Waals surface area contributed by atoms with Gasteiger partial charge in [-0.3, -0.25) is 9.36 Å². The summed E-state index contributed by atoms with van der Waals surface area (Å²) in [5.74, 6) is 0. The summed E-state index contributed by atoms with van der Waals surface area (Å²) in [6, 6.07) is 9.54. The maximum Gasteiger partial charge on any atom is 0.262 e. The van der Waals surface area contributed by atoms with E-state index in [0.717, 1.165) is 22.4 Å². The van der Waals surface area contributed by atoms with Gasteiger partial charge < -0.3 is 5.73 Å². The third kappa shape index (κ3) is 2.80. The van der Waals surface area contributed by atoms with Crippen molar-refractivity contribution < 1.29 is 0 Å². The van der Waals surface area contributed by atoms with Crippen molar-refractivity contribution in [3.8, 4) is 0 Å². The van der Waals surface area contributed by atoms with E-state index in [-0.39, 0.29) is 5.56 Å². The third-order valence-corrected chi connectivity index (χ3v) is 4.93. The average Bonchev–Trinajstić information content (AvgIpc) is 2.95. The number of rotatable bonds is 4. The second-order valence-electron chi connectivity index (χ2n) is 5.02. The Morgan fingerprint density at radius 1 is 1.36 bits per heavy atom. The largest absolute Gasteiger partial charge is 0.389 e. The van der Waals surface area contributed by atoms with Crippen molar-refractivity contribution in [1.29, 1.82) is 0 Å². The van der Waals surface area contributed by atoms with Gasteiger partial charge in [-0.05, 0) is 18.1 Å². The van der Waals surface area contributed by atoms with Crippen LogP contribution in [0.3, 0.4) is 0 Å². The Hall–Kier alpha value is -2.05. The minimum atomic E-state index is -0.000581. The van der Waals surface area contributed by atoms with E-state index in [4.69, 9.17) is 18.0 Å². The molecule has 3 aromatic rings. The zero-order valence-electron chi connectivity index (χ0n) is 12.1. The normalized spacial score (nSPS) is 11.0. The lowest BCUT2D eigenvalue weighted by atomic mass is 10.1. The van der Waals surface area contributed by atoms with Crippen LogP contribution in [0.4, 0.5) is 0 Å². The molecule has 0 spiro atoms. The number of thiophene rings is 1. The highest BCUT2D eigenvalue weighted by Gasteiger charge is 2.08. The van der Waals surface area contributed by atoms with E-state index in [2.05, 4.69) is 11.9 Å². The monoisotopic (exact) mass is 329 g/mol. The van der Waals surface area contributed by atoms with Gasteiger partial charge in [0.15, 0.2) is 0 Å². The topological polar surface area (TPSA) is 60.9 Å². The Morgan fingerprint density at radius 2 is 2.09 bits per heavy atom. The third-order valence-electron chi connectivity index (χ3n) is 3.51. The summed E-state index contributed by atoms with van der Waals surface area (Å²) in [7, 11) is 0. The summed E-state index contributed by atoms with van der Waals surface area (Å²) in [5.41, 5.74) is 7.42. The Balaban J connectivity index is 1.95. The molecule has 0 aliphatic rings. The Labute approximate surface area is 137 Å². The van der Waals surface area contributed by atoms with Crippen LogP contribution in [-0.2, 0) is 13.0 Å². The van der Waals surface area contributed by atoms with E-state index in [1.807, 2.05) is 30.3 Å². The van der Waals surface area contributed by atoms with E-state index in [9.17, 15) is 4.79 Å². The standard InChI is InChI=1S/C16H15N3OS2/c1-2-12-7-13-15(22-12)18-9-19(16(13)20)8-10-3-5-11(6-4-10)14(17)21/h3-7,9H,2,8H2,1H3,(H2,17,21). The van der Waals surface area contributed by atoms with Gasteiger partial charge in [-0.25, -0.2) is 4.98 Å². The van der Waals surface area contributed by atoms with Gasteiger partial charge in [0.2, 0.25) is 0 Å². The molecular weight excluding hydrogens is 314 g/mol. The molecule has 6 heteroatoms. The first-order valence-electron chi connectivity index (χ1n) is 6.95. The van der Waals surface area contributed by atoms with Gasteiger partial charge in [0.05, 0.1) is 18.3 Å². The van der Waals surface area contributed by atoms with Crippen LogP contribution in [0, 0.1) is 0 Å². The molecule has 3 rings (SSSR count). The Kier molecular flexibility index (Phi) is 4.04. The fourth-order valence-electron chi connectivity index (χ4n) is 2.27. The molecule has 2 aromatic heterocycles. The molecule has 0 amide bonds. The van der Waals surface area contributed by atoms with Crippen molar-refractivity contribution in [3.05, 3.63) is 63.0 Å². The maximum absolute atomic E-state index is 12.5. The summed E-state index contributed by atoms with van der Waals surface area (Å²) >= 11 is 6.52. The number of hydrogen-bond donors (Lipinski definition) is 1. The van der Waals surface area contributed by atoms with Gasteiger partial charge in [0, 0.05) is 10.4 Å². The van der Waals surface area contributed by atoms with E-state index >= 15 is 0 Å². The Morgan fingerprint density at radius 3 is 2.73 bits per heavy atom. The van der Waals surface area contributed by atoms with Crippen LogP contribution in [0.25, 0.3) is 10.2 Å². The highest BCUT2D eigenvalue weighted by atomic mass is 32.1. The number of aromatic nitrogens is 2. The summed E-state index contributed by atoms with van der Waals surface area (Å²) in [5, 5.41) is 0.698. The molecule has 2 N–H and O–H groups in total. The molecule has 112 valence electrons. The van der Waals surface area contributed by atoms with Crippen molar-refractivity contribution in [2.24, 2.45) is 5.73 Å². The predicted molar refractivity (Wildman–Crippen MR) is 94.7 cm³/mol. The molecule has 0 unspecified atom stereocenters. The second kappa shape index (κ2) is 5.98. The van der Waals surface area contributed by atoms with Gasteiger partial charge in [-0.1, -0.05) is 43.4 Å². The quantitative estimate of drug-likeness (QED) is 0.748.